The highest BCUT2D eigenvalue weighted by molar-refractivity contribution is 5.76. The fraction of sp³-hybridized carbons (Fsp3) is 0.825. The summed E-state index contributed by atoms with van der Waals surface area (Å²) in [6.07, 6.45) is 42.5. The molecule has 45 heavy (non-hydrogen) atoms. The van der Waals surface area contributed by atoms with Crippen molar-refractivity contribution in [2.45, 2.75) is 205 Å². The maximum absolute atomic E-state index is 12.3. The Hall–Kier alpha value is -1.43. The van der Waals surface area contributed by atoms with Crippen LogP contribution in [0.5, 0.6) is 0 Å². The lowest BCUT2D eigenvalue weighted by atomic mass is 10.0. The van der Waals surface area contributed by atoms with E-state index in [0.717, 1.165) is 64.2 Å². The number of hydrogen-bond acceptors (Lipinski definition) is 4. The van der Waals surface area contributed by atoms with Crippen LogP contribution in [0, 0.1) is 0 Å². The van der Waals surface area contributed by atoms with E-state index in [1.807, 2.05) is 0 Å². The van der Waals surface area contributed by atoms with Gasteiger partial charge in [-0.25, -0.2) is 0 Å². The second-order valence-electron chi connectivity index (χ2n) is 13.1. The van der Waals surface area contributed by atoms with Gasteiger partial charge in [0.1, 0.15) is 6.10 Å². The maximum atomic E-state index is 12.3. The van der Waals surface area contributed by atoms with Gasteiger partial charge in [0.25, 0.3) is 0 Å². The van der Waals surface area contributed by atoms with Crippen LogP contribution in [0.1, 0.15) is 187 Å². The molecule has 1 amide bonds. The van der Waals surface area contributed by atoms with Crippen LogP contribution in [-0.4, -0.2) is 46.1 Å². The van der Waals surface area contributed by atoms with Crippen LogP contribution in [0.2, 0.25) is 0 Å². The van der Waals surface area contributed by atoms with Gasteiger partial charge in [0.15, 0.2) is 0 Å². The number of aliphatic hydroxyl groups is 3. The van der Waals surface area contributed by atoms with Gasteiger partial charge in [-0.05, 0) is 70.6 Å². The zero-order chi connectivity index (χ0) is 33.1. The molecule has 0 spiro atoms. The fourth-order valence-corrected chi connectivity index (χ4v) is 5.63. The number of hydrogen-bond donors (Lipinski definition) is 4. The highest BCUT2D eigenvalue weighted by Gasteiger charge is 2.26. The normalized spacial score (nSPS) is 14.2. The first-order valence-corrected chi connectivity index (χ1v) is 19.3. The summed E-state index contributed by atoms with van der Waals surface area (Å²) in [6, 6.07) is -0.835. The summed E-state index contributed by atoms with van der Waals surface area (Å²) in [5, 5.41) is 33.3. The molecule has 0 heterocycles. The molecular formula is C40H75NO4. The van der Waals surface area contributed by atoms with E-state index in [4.69, 9.17) is 0 Å². The topological polar surface area (TPSA) is 89.8 Å². The van der Waals surface area contributed by atoms with Crippen molar-refractivity contribution in [2.24, 2.45) is 0 Å². The van der Waals surface area contributed by atoms with Crippen molar-refractivity contribution in [3.05, 3.63) is 36.5 Å². The molecule has 0 bridgehead atoms. The van der Waals surface area contributed by atoms with Crippen molar-refractivity contribution >= 4 is 5.91 Å². The Morgan fingerprint density at radius 1 is 0.533 bits per heavy atom. The predicted molar refractivity (Wildman–Crippen MR) is 194 cm³/mol. The number of amides is 1. The van der Waals surface area contributed by atoms with Crippen LogP contribution >= 0.6 is 0 Å². The van der Waals surface area contributed by atoms with E-state index < -0.39 is 18.2 Å². The molecular weight excluding hydrogens is 558 g/mol. The second-order valence-corrected chi connectivity index (χ2v) is 13.1. The average Bonchev–Trinajstić information content (AvgIpc) is 3.04. The third-order valence-corrected chi connectivity index (χ3v) is 8.69. The molecule has 264 valence electrons. The van der Waals surface area contributed by atoms with Crippen molar-refractivity contribution in [1.29, 1.82) is 0 Å². The molecule has 0 aliphatic heterocycles. The molecule has 0 fully saturated rings. The van der Waals surface area contributed by atoms with Gasteiger partial charge < -0.3 is 20.6 Å². The Morgan fingerprint density at radius 2 is 0.933 bits per heavy atom. The molecule has 0 aliphatic rings. The van der Waals surface area contributed by atoms with Gasteiger partial charge in [0, 0.05) is 6.42 Å². The zero-order valence-electron chi connectivity index (χ0n) is 29.7. The van der Waals surface area contributed by atoms with E-state index in [0.29, 0.717) is 12.8 Å². The summed E-state index contributed by atoms with van der Waals surface area (Å²) >= 11 is 0. The Kier molecular flexibility index (Phi) is 34.3. The molecule has 0 radical (unpaired) electrons. The van der Waals surface area contributed by atoms with Crippen LogP contribution < -0.4 is 5.32 Å². The molecule has 3 atom stereocenters. The van der Waals surface area contributed by atoms with Gasteiger partial charge >= 0.3 is 0 Å². The van der Waals surface area contributed by atoms with Crippen LogP contribution in [0.15, 0.2) is 36.5 Å². The van der Waals surface area contributed by atoms with E-state index >= 15 is 0 Å². The minimum absolute atomic E-state index is 0.175. The SMILES string of the molecule is CCCC/C=C\CCCCCCC(=O)NC(CO)C(O)C(O)CCC/C=C/CC/C=C/CCCCCCCCCCCCCC. The minimum Gasteiger partial charge on any atom is -0.394 e. The number of unbranched alkanes of at least 4 members (excludes halogenated alkanes) is 20. The average molecular weight is 634 g/mol. The number of nitrogens with one attached hydrogen (secondary N) is 1. The van der Waals surface area contributed by atoms with Gasteiger partial charge in [-0.3, -0.25) is 4.79 Å². The number of allylic oxidation sites excluding steroid dienone is 6. The van der Waals surface area contributed by atoms with Crippen LogP contribution in [-0.2, 0) is 4.79 Å². The van der Waals surface area contributed by atoms with E-state index in [2.05, 4.69) is 55.6 Å². The highest BCUT2D eigenvalue weighted by atomic mass is 16.3. The van der Waals surface area contributed by atoms with Crippen LogP contribution in [0.4, 0.5) is 0 Å². The molecule has 5 nitrogen and oxygen atoms in total. The number of carbonyl (C=O) groups excluding carboxylic acids is 1. The number of carbonyl (C=O) groups is 1. The molecule has 4 N–H and O–H groups in total. The lowest BCUT2D eigenvalue weighted by Gasteiger charge is -2.26. The maximum Gasteiger partial charge on any atom is 0.220 e. The molecule has 3 unspecified atom stereocenters. The van der Waals surface area contributed by atoms with Crippen molar-refractivity contribution in [1.82, 2.24) is 5.32 Å². The molecule has 0 aliphatic carbocycles. The quantitative estimate of drug-likeness (QED) is 0.0419. The van der Waals surface area contributed by atoms with Gasteiger partial charge in [-0.15, -0.1) is 0 Å². The van der Waals surface area contributed by atoms with Crippen molar-refractivity contribution in [3.8, 4) is 0 Å². The number of aliphatic hydroxyl groups excluding tert-OH is 3. The molecule has 0 saturated heterocycles. The van der Waals surface area contributed by atoms with Gasteiger partial charge in [0.2, 0.25) is 5.91 Å². The molecule has 0 rings (SSSR count). The summed E-state index contributed by atoms with van der Waals surface area (Å²) in [5.41, 5.74) is 0. The Labute approximate surface area is 279 Å². The Balaban J connectivity index is 3.73. The molecule has 0 aromatic heterocycles. The molecule has 0 aromatic rings. The second kappa shape index (κ2) is 35.4. The third-order valence-electron chi connectivity index (χ3n) is 8.69. The Morgan fingerprint density at radius 3 is 1.42 bits per heavy atom. The first-order valence-electron chi connectivity index (χ1n) is 19.3. The van der Waals surface area contributed by atoms with Crippen molar-refractivity contribution in [2.75, 3.05) is 6.61 Å². The summed E-state index contributed by atoms with van der Waals surface area (Å²) in [6.45, 7) is 4.10. The van der Waals surface area contributed by atoms with Crippen LogP contribution in [0.3, 0.4) is 0 Å². The molecule has 5 heteroatoms. The highest BCUT2D eigenvalue weighted by Crippen LogP contribution is 2.14. The van der Waals surface area contributed by atoms with E-state index in [-0.39, 0.29) is 12.5 Å². The smallest absolute Gasteiger partial charge is 0.220 e. The standard InChI is InChI=1S/C40H75NO4/c1-3-5-7-9-11-13-15-16-17-18-19-20-21-22-23-24-25-26-28-30-32-34-38(43)40(45)37(36-42)41-39(44)35-33-31-29-27-14-12-10-8-6-4-2/h10,12,22-23,26,28,37-38,40,42-43,45H,3-9,11,13-21,24-25,27,29-36H2,1-2H3,(H,41,44)/b12-10-,23-22+,28-26+. The largest absolute Gasteiger partial charge is 0.394 e. The van der Waals surface area contributed by atoms with Crippen molar-refractivity contribution in [3.63, 3.8) is 0 Å². The van der Waals surface area contributed by atoms with Gasteiger partial charge in [-0.2, -0.15) is 0 Å². The fourth-order valence-electron chi connectivity index (χ4n) is 5.63. The lowest BCUT2D eigenvalue weighted by molar-refractivity contribution is -0.124. The van der Waals surface area contributed by atoms with Crippen molar-refractivity contribution < 1.29 is 20.1 Å². The van der Waals surface area contributed by atoms with E-state index in [1.54, 1.807) is 0 Å². The monoisotopic (exact) mass is 634 g/mol. The Bertz CT molecular complexity index is 704. The molecule has 0 saturated carbocycles. The summed E-state index contributed by atoms with van der Waals surface area (Å²) in [7, 11) is 0. The van der Waals surface area contributed by atoms with E-state index in [1.165, 1.54) is 96.3 Å². The summed E-state index contributed by atoms with van der Waals surface area (Å²) < 4.78 is 0. The zero-order valence-corrected chi connectivity index (χ0v) is 29.7. The summed E-state index contributed by atoms with van der Waals surface area (Å²) in [5.74, 6) is -0.175. The third kappa shape index (κ3) is 31.0. The lowest BCUT2D eigenvalue weighted by Crippen LogP contribution is -2.50. The number of rotatable bonds is 34. The minimum atomic E-state index is -1.17. The van der Waals surface area contributed by atoms with E-state index in [9.17, 15) is 20.1 Å². The molecule has 0 aromatic carbocycles. The van der Waals surface area contributed by atoms with Crippen LogP contribution in [0.25, 0.3) is 0 Å². The van der Waals surface area contributed by atoms with Gasteiger partial charge in [0.05, 0.1) is 18.8 Å². The first kappa shape index (κ1) is 43.6. The summed E-state index contributed by atoms with van der Waals surface area (Å²) in [4.78, 5) is 12.3. The predicted octanol–water partition coefficient (Wildman–Crippen LogP) is 10.4. The van der Waals surface area contributed by atoms with Gasteiger partial charge in [-0.1, -0.05) is 147 Å². The first-order chi connectivity index (χ1) is 22.1.